The van der Waals surface area contributed by atoms with E-state index in [1.807, 2.05) is 0 Å². The molecule has 2 aromatic rings. The molecule has 0 fully saturated rings. The average molecular weight is 291 g/mol. The number of nitrogens with one attached hydrogen (secondary N) is 1. The molecular weight excluding hydrogens is 280 g/mol. The van der Waals surface area contributed by atoms with Crippen LogP contribution < -0.4 is 11.1 Å². The number of benzene rings is 1. The fraction of sp³-hybridized carbons (Fsp3) is 0.0769. The van der Waals surface area contributed by atoms with Crippen molar-refractivity contribution in [3.05, 3.63) is 58.4 Å². The molecule has 0 atom stereocenters. The van der Waals surface area contributed by atoms with Crippen LogP contribution in [0.4, 0.5) is 0 Å². The summed E-state index contributed by atoms with van der Waals surface area (Å²) in [4.78, 5) is 22.8. The van der Waals surface area contributed by atoms with Crippen LogP contribution in [0.15, 0.2) is 36.4 Å². The van der Waals surface area contributed by atoms with Gasteiger partial charge in [0.1, 0.15) is 0 Å². The van der Waals surface area contributed by atoms with Gasteiger partial charge in [0.05, 0.1) is 0 Å². The Morgan fingerprint density at radius 2 is 2.00 bits per heavy atom. The molecule has 102 valence electrons. The third-order valence-electron chi connectivity index (χ3n) is 2.53. The average Bonchev–Trinajstić information content (AvgIpc) is 2.46. The number of nitrogens with two attached hydrogens (primary N) is 1. The monoisotopic (exact) mass is 290 g/mol. The van der Waals surface area contributed by atoms with Crippen LogP contribution in [0.5, 0.6) is 0 Å². The molecule has 6 nitrogen and oxygen atoms in total. The number of primary amides is 1. The van der Waals surface area contributed by atoms with Gasteiger partial charge in [-0.1, -0.05) is 23.7 Å². The van der Waals surface area contributed by atoms with Crippen LogP contribution in [0, 0.1) is 0 Å². The molecule has 0 spiro atoms. The summed E-state index contributed by atoms with van der Waals surface area (Å²) in [5.74, 6) is -0.889. The minimum Gasteiger partial charge on any atom is -0.366 e. The lowest BCUT2D eigenvalue weighted by molar-refractivity contribution is 0.0944. The summed E-state index contributed by atoms with van der Waals surface area (Å²) in [6, 6.07) is 9.67. The molecule has 1 aromatic carbocycles. The van der Waals surface area contributed by atoms with E-state index in [-0.39, 0.29) is 23.3 Å². The highest BCUT2D eigenvalue weighted by Gasteiger charge is 2.08. The topological polar surface area (TPSA) is 98.0 Å². The number of halogens is 1. The van der Waals surface area contributed by atoms with Crippen molar-refractivity contribution in [1.82, 2.24) is 15.5 Å². The molecule has 0 aliphatic rings. The van der Waals surface area contributed by atoms with Crippen molar-refractivity contribution >= 4 is 23.4 Å². The molecule has 7 heteroatoms. The number of amides is 2. The van der Waals surface area contributed by atoms with Gasteiger partial charge in [0.25, 0.3) is 5.91 Å². The lowest BCUT2D eigenvalue weighted by Gasteiger charge is -2.05. The van der Waals surface area contributed by atoms with Gasteiger partial charge in [-0.15, -0.1) is 10.2 Å². The van der Waals surface area contributed by atoms with E-state index >= 15 is 0 Å². The third-order valence-corrected chi connectivity index (χ3v) is 2.73. The Morgan fingerprint density at radius 3 is 2.65 bits per heavy atom. The largest absolute Gasteiger partial charge is 0.366 e. The summed E-state index contributed by atoms with van der Waals surface area (Å²) in [6.45, 7) is 0.254. The third kappa shape index (κ3) is 3.52. The Labute approximate surface area is 120 Å². The second kappa shape index (κ2) is 6.12. The van der Waals surface area contributed by atoms with Gasteiger partial charge < -0.3 is 11.1 Å². The van der Waals surface area contributed by atoms with Crippen LogP contribution in [0.25, 0.3) is 0 Å². The van der Waals surface area contributed by atoms with Crippen LogP contribution in [-0.4, -0.2) is 22.0 Å². The minimum absolute atomic E-state index is 0.167. The van der Waals surface area contributed by atoms with E-state index in [0.717, 1.165) is 5.56 Å². The highest BCUT2D eigenvalue weighted by molar-refractivity contribution is 6.29. The standard InChI is InChI=1S/C13H11ClN4O2/c14-11-5-4-10(17-18-11)13(20)16-7-8-2-1-3-9(6-8)12(15)19/h1-6H,7H2,(H2,15,19)(H,16,20). The highest BCUT2D eigenvalue weighted by atomic mass is 35.5. The maximum Gasteiger partial charge on any atom is 0.272 e. The summed E-state index contributed by atoms with van der Waals surface area (Å²) < 4.78 is 0. The van der Waals surface area contributed by atoms with Gasteiger partial charge in [-0.3, -0.25) is 9.59 Å². The molecule has 0 aliphatic carbocycles. The van der Waals surface area contributed by atoms with Crippen LogP contribution in [-0.2, 0) is 6.54 Å². The first-order chi connectivity index (χ1) is 9.56. The zero-order valence-corrected chi connectivity index (χ0v) is 11.1. The van der Waals surface area contributed by atoms with E-state index in [2.05, 4.69) is 15.5 Å². The maximum atomic E-state index is 11.8. The fourth-order valence-corrected chi connectivity index (χ4v) is 1.65. The molecule has 3 N–H and O–H groups in total. The predicted molar refractivity (Wildman–Crippen MR) is 73.2 cm³/mol. The highest BCUT2D eigenvalue weighted by Crippen LogP contribution is 2.05. The van der Waals surface area contributed by atoms with Gasteiger partial charge in [-0.05, 0) is 29.8 Å². The molecule has 0 saturated carbocycles. The van der Waals surface area contributed by atoms with E-state index in [0.29, 0.717) is 5.56 Å². The SMILES string of the molecule is NC(=O)c1cccc(CNC(=O)c2ccc(Cl)nn2)c1. The van der Waals surface area contributed by atoms with E-state index in [4.69, 9.17) is 17.3 Å². The van der Waals surface area contributed by atoms with Gasteiger partial charge >= 0.3 is 0 Å². The van der Waals surface area contributed by atoms with Crippen molar-refractivity contribution < 1.29 is 9.59 Å². The van der Waals surface area contributed by atoms with Gasteiger partial charge in [-0.25, -0.2) is 0 Å². The number of rotatable bonds is 4. The van der Waals surface area contributed by atoms with E-state index < -0.39 is 5.91 Å². The molecule has 1 heterocycles. The molecule has 0 saturated heterocycles. The van der Waals surface area contributed by atoms with Gasteiger partial charge in [0.15, 0.2) is 10.8 Å². The van der Waals surface area contributed by atoms with E-state index in [9.17, 15) is 9.59 Å². The van der Waals surface area contributed by atoms with Crippen molar-refractivity contribution in [2.24, 2.45) is 5.73 Å². The first-order valence-electron chi connectivity index (χ1n) is 5.72. The molecule has 0 unspecified atom stereocenters. The lowest BCUT2D eigenvalue weighted by atomic mass is 10.1. The van der Waals surface area contributed by atoms with Crippen LogP contribution in [0.2, 0.25) is 5.15 Å². The number of hydrogen-bond acceptors (Lipinski definition) is 4. The molecule has 1 aromatic heterocycles. The molecule has 0 radical (unpaired) electrons. The number of carbonyl (C=O) groups excluding carboxylic acids is 2. The van der Waals surface area contributed by atoms with Crippen molar-refractivity contribution in [2.45, 2.75) is 6.54 Å². The minimum atomic E-state index is -0.512. The number of nitrogens with zero attached hydrogens (tertiary/aromatic N) is 2. The predicted octanol–water partition coefficient (Wildman–Crippen LogP) is 1.16. The second-order valence-corrected chi connectivity index (χ2v) is 4.38. The van der Waals surface area contributed by atoms with E-state index in [1.54, 1.807) is 24.3 Å². The molecule has 0 aliphatic heterocycles. The van der Waals surface area contributed by atoms with Crippen LogP contribution in [0.3, 0.4) is 0 Å². The maximum absolute atomic E-state index is 11.8. The van der Waals surface area contributed by atoms with Crippen molar-refractivity contribution in [1.29, 1.82) is 0 Å². The van der Waals surface area contributed by atoms with Gasteiger partial charge in [0.2, 0.25) is 5.91 Å². The molecular formula is C13H11ClN4O2. The van der Waals surface area contributed by atoms with Crippen LogP contribution in [0.1, 0.15) is 26.4 Å². The lowest BCUT2D eigenvalue weighted by Crippen LogP contribution is -2.24. The first-order valence-corrected chi connectivity index (χ1v) is 6.10. The number of carbonyl (C=O) groups is 2. The second-order valence-electron chi connectivity index (χ2n) is 3.99. The summed E-state index contributed by atoms with van der Waals surface area (Å²) in [5, 5.41) is 10.1. The molecule has 2 amide bonds. The number of hydrogen-bond donors (Lipinski definition) is 2. The van der Waals surface area contributed by atoms with E-state index in [1.165, 1.54) is 12.1 Å². The Hall–Kier alpha value is -2.47. The van der Waals surface area contributed by atoms with Crippen LogP contribution >= 0.6 is 11.6 Å². The Kier molecular flexibility index (Phi) is 4.27. The smallest absolute Gasteiger partial charge is 0.272 e. The Balaban J connectivity index is 2.01. The van der Waals surface area contributed by atoms with Crippen molar-refractivity contribution in [2.75, 3.05) is 0 Å². The summed E-state index contributed by atoms with van der Waals surface area (Å²) in [7, 11) is 0. The number of aromatic nitrogens is 2. The zero-order valence-electron chi connectivity index (χ0n) is 10.3. The Morgan fingerprint density at radius 1 is 1.20 bits per heavy atom. The first kappa shape index (κ1) is 14.0. The summed E-state index contributed by atoms with van der Waals surface area (Å²) in [6.07, 6.45) is 0. The van der Waals surface area contributed by atoms with Gasteiger partial charge in [-0.2, -0.15) is 0 Å². The zero-order chi connectivity index (χ0) is 14.5. The van der Waals surface area contributed by atoms with Crippen molar-refractivity contribution in [3.8, 4) is 0 Å². The fourth-order valence-electron chi connectivity index (χ4n) is 1.54. The molecule has 2 rings (SSSR count). The molecule has 20 heavy (non-hydrogen) atoms. The normalized spacial score (nSPS) is 10.1. The summed E-state index contributed by atoms with van der Waals surface area (Å²) in [5.41, 5.74) is 6.51. The molecule has 0 bridgehead atoms. The van der Waals surface area contributed by atoms with Crippen molar-refractivity contribution in [3.63, 3.8) is 0 Å². The Bertz CT molecular complexity index is 643. The summed E-state index contributed by atoms with van der Waals surface area (Å²) >= 11 is 5.59. The van der Waals surface area contributed by atoms with Gasteiger partial charge in [0, 0.05) is 12.1 Å². The quantitative estimate of drug-likeness (QED) is 0.883.